The number of nitrogens with zero attached hydrogens (tertiary/aromatic N) is 2. The quantitative estimate of drug-likeness (QED) is 0.820. The molecule has 7 nitrogen and oxygen atoms in total. The molecule has 1 atom stereocenters. The predicted molar refractivity (Wildman–Crippen MR) is 94.7 cm³/mol. The zero-order valence-electron chi connectivity index (χ0n) is 14.8. The molecule has 138 valence electrons. The summed E-state index contributed by atoms with van der Waals surface area (Å²) in [5, 5.41) is 6.72. The van der Waals surface area contributed by atoms with Crippen LogP contribution in [0.3, 0.4) is 0 Å². The van der Waals surface area contributed by atoms with E-state index < -0.39 is 10.0 Å². The van der Waals surface area contributed by atoms with Crippen molar-refractivity contribution in [1.82, 2.24) is 19.8 Å². The van der Waals surface area contributed by atoms with Crippen molar-refractivity contribution in [3.05, 3.63) is 35.5 Å². The van der Waals surface area contributed by atoms with Gasteiger partial charge < -0.3 is 4.42 Å². The van der Waals surface area contributed by atoms with Crippen molar-refractivity contribution < 1.29 is 12.8 Å². The lowest BCUT2D eigenvalue weighted by Crippen LogP contribution is -2.38. The van der Waals surface area contributed by atoms with Gasteiger partial charge >= 0.3 is 0 Å². The molecule has 0 radical (unpaired) electrons. The highest BCUT2D eigenvalue weighted by Gasteiger charge is 2.28. The largest absolute Gasteiger partial charge is 0.468 e. The summed E-state index contributed by atoms with van der Waals surface area (Å²) in [5.74, 6) is 0.797. The van der Waals surface area contributed by atoms with Crippen LogP contribution in [0.5, 0.6) is 0 Å². The highest BCUT2D eigenvalue weighted by atomic mass is 32.2. The number of aromatic amines is 1. The maximum Gasteiger partial charge on any atom is 0.244 e. The van der Waals surface area contributed by atoms with Gasteiger partial charge in [-0.15, -0.1) is 0 Å². The Hall–Kier alpha value is -1.64. The molecule has 0 saturated carbocycles. The first kappa shape index (κ1) is 18.2. The zero-order chi connectivity index (χ0) is 17.9. The summed E-state index contributed by atoms with van der Waals surface area (Å²) in [5.41, 5.74) is 1.03. The van der Waals surface area contributed by atoms with Crippen LogP contribution in [-0.4, -0.2) is 43.1 Å². The van der Waals surface area contributed by atoms with Crippen LogP contribution >= 0.6 is 0 Å². The molecule has 1 aliphatic heterocycles. The third kappa shape index (κ3) is 4.13. The number of hydrogen-bond acceptors (Lipinski definition) is 5. The number of aromatic nitrogens is 2. The third-order valence-corrected chi connectivity index (χ3v) is 6.43. The number of sulfonamides is 1. The number of hydrogen-bond donors (Lipinski definition) is 2. The lowest BCUT2D eigenvalue weighted by atomic mass is 10.2. The molecule has 0 aromatic carbocycles. The molecule has 1 aliphatic rings. The van der Waals surface area contributed by atoms with Crippen molar-refractivity contribution in [2.45, 2.75) is 50.5 Å². The van der Waals surface area contributed by atoms with Gasteiger partial charge in [-0.05, 0) is 51.9 Å². The molecule has 3 heterocycles. The van der Waals surface area contributed by atoms with Crippen molar-refractivity contribution in [1.29, 1.82) is 0 Å². The topological polar surface area (TPSA) is 91.2 Å². The average Bonchev–Trinajstić information content (AvgIpc) is 3.11. The molecule has 2 N–H and O–H groups in total. The molecule has 0 amide bonds. The van der Waals surface area contributed by atoms with Crippen molar-refractivity contribution in [2.24, 2.45) is 0 Å². The molecule has 25 heavy (non-hydrogen) atoms. The lowest BCUT2D eigenvalue weighted by Gasteiger charge is -2.29. The van der Waals surface area contributed by atoms with Crippen LogP contribution in [0.1, 0.15) is 48.9 Å². The van der Waals surface area contributed by atoms with Gasteiger partial charge in [-0.25, -0.2) is 13.1 Å². The van der Waals surface area contributed by atoms with Gasteiger partial charge in [0.05, 0.1) is 23.7 Å². The van der Waals surface area contributed by atoms with E-state index in [1.165, 1.54) is 12.8 Å². The molecule has 1 saturated heterocycles. The molecule has 8 heteroatoms. The van der Waals surface area contributed by atoms with Crippen LogP contribution in [0.4, 0.5) is 0 Å². The summed E-state index contributed by atoms with van der Waals surface area (Å²) in [6.07, 6.45) is 6.34. The van der Waals surface area contributed by atoms with Crippen LogP contribution in [0.15, 0.2) is 27.7 Å². The number of aryl methyl sites for hydroxylation is 2. The van der Waals surface area contributed by atoms with Crippen LogP contribution in [-0.2, 0) is 10.0 Å². The molecular weight excluding hydrogens is 340 g/mol. The number of furan rings is 1. The van der Waals surface area contributed by atoms with Gasteiger partial charge in [0.2, 0.25) is 10.0 Å². The normalized spacial score (nSPS) is 18.2. The highest BCUT2D eigenvalue weighted by molar-refractivity contribution is 7.89. The van der Waals surface area contributed by atoms with E-state index >= 15 is 0 Å². The first-order valence-electron chi connectivity index (χ1n) is 8.78. The van der Waals surface area contributed by atoms with Gasteiger partial charge in [-0.1, -0.05) is 12.8 Å². The fraction of sp³-hybridized carbons (Fsp3) is 0.588. The number of rotatable bonds is 6. The highest BCUT2D eigenvalue weighted by Crippen LogP contribution is 2.25. The molecule has 1 unspecified atom stereocenters. The summed E-state index contributed by atoms with van der Waals surface area (Å²) in [6, 6.07) is 3.66. The van der Waals surface area contributed by atoms with Crippen LogP contribution in [0.25, 0.3) is 0 Å². The summed E-state index contributed by atoms with van der Waals surface area (Å²) < 4.78 is 33.8. The molecule has 2 aromatic heterocycles. The Morgan fingerprint density at radius 2 is 2.00 bits per heavy atom. The molecule has 2 aromatic rings. The second kappa shape index (κ2) is 7.72. The van der Waals surface area contributed by atoms with Crippen LogP contribution in [0.2, 0.25) is 0 Å². The van der Waals surface area contributed by atoms with Crippen molar-refractivity contribution in [2.75, 3.05) is 19.6 Å². The van der Waals surface area contributed by atoms with E-state index in [4.69, 9.17) is 4.42 Å². The Balaban J connectivity index is 1.79. The number of likely N-dealkylation sites (tertiary alicyclic amines) is 1. The van der Waals surface area contributed by atoms with E-state index in [2.05, 4.69) is 19.8 Å². The van der Waals surface area contributed by atoms with E-state index in [1.54, 1.807) is 20.1 Å². The molecule has 0 spiro atoms. The fourth-order valence-electron chi connectivity index (χ4n) is 3.49. The monoisotopic (exact) mass is 366 g/mol. The van der Waals surface area contributed by atoms with Gasteiger partial charge in [0.15, 0.2) is 0 Å². The Labute approximate surface area is 148 Å². The Kier molecular flexibility index (Phi) is 5.61. The fourth-order valence-corrected chi connectivity index (χ4v) is 4.90. The van der Waals surface area contributed by atoms with Gasteiger partial charge in [-0.3, -0.25) is 10.00 Å². The van der Waals surface area contributed by atoms with Crippen LogP contribution < -0.4 is 4.72 Å². The maximum atomic E-state index is 12.7. The average molecular weight is 366 g/mol. The summed E-state index contributed by atoms with van der Waals surface area (Å²) in [4.78, 5) is 2.56. The second-order valence-corrected chi connectivity index (χ2v) is 8.30. The van der Waals surface area contributed by atoms with E-state index in [9.17, 15) is 8.42 Å². The Bertz CT molecular complexity index is 755. The van der Waals surface area contributed by atoms with Crippen molar-refractivity contribution in [3.8, 4) is 0 Å². The standard InChI is InChI=1S/C17H26N4O3S/c1-13-17(14(2)20-19-13)25(22,23)18-12-15(16-8-7-11-24-16)21-9-5-3-4-6-10-21/h7-8,11,15,18H,3-6,9-10,12H2,1-2H3,(H,19,20). The summed E-state index contributed by atoms with van der Waals surface area (Å²) in [6.45, 7) is 5.60. The Morgan fingerprint density at radius 1 is 1.28 bits per heavy atom. The molecule has 3 rings (SSSR count). The lowest BCUT2D eigenvalue weighted by molar-refractivity contribution is 0.182. The summed E-state index contributed by atoms with van der Waals surface area (Å²) >= 11 is 0. The second-order valence-electron chi connectivity index (χ2n) is 6.60. The van der Waals surface area contributed by atoms with Crippen molar-refractivity contribution in [3.63, 3.8) is 0 Å². The molecule has 0 aliphatic carbocycles. The predicted octanol–water partition coefficient (Wildman–Crippen LogP) is 2.52. The van der Waals surface area contributed by atoms with Gasteiger partial charge in [0.25, 0.3) is 0 Å². The third-order valence-electron chi connectivity index (χ3n) is 4.75. The molecular formula is C17H26N4O3S. The van der Waals surface area contributed by atoms with Gasteiger partial charge in [-0.2, -0.15) is 5.10 Å². The first-order valence-corrected chi connectivity index (χ1v) is 10.3. The number of H-pyrrole nitrogens is 1. The Morgan fingerprint density at radius 3 is 2.56 bits per heavy atom. The van der Waals surface area contributed by atoms with Crippen molar-refractivity contribution >= 4 is 10.0 Å². The smallest absolute Gasteiger partial charge is 0.244 e. The minimum Gasteiger partial charge on any atom is -0.468 e. The van der Waals surface area contributed by atoms with E-state index in [1.807, 2.05) is 12.1 Å². The SMILES string of the molecule is Cc1n[nH]c(C)c1S(=O)(=O)NCC(c1ccco1)N1CCCCCC1. The van der Waals surface area contributed by atoms with Crippen LogP contribution in [0, 0.1) is 13.8 Å². The minimum absolute atomic E-state index is 0.101. The minimum atomic E-state index is -3.62. The van der Waals surface area contributed by atoms with Gasteiger partial charge in [0, 0.05) is 6.54 Å². The van der Waals surface area contributed by atoms with E-state index in [-0.39, 0.29) is 17.5 Å². The number of nitrogens with one attached hydrogen (secondary N) is 2. The first-order chi connectivity index (χ1) is 12.0. The zero-order valence-corrected chi connectivity index (χ0v) is 15.6. The maximum absolute atomic E-state index is 12.7. The molecule has 1 fully saturated rings. The summed E-state index contributed by atoms with van der Waals surface area (Å²) in [7, 11) is -3.62. The molecule has 0 bridgehead atoms. The van der Waals surface area contributed by atoms with Gasteiger partial charge in [0.1, 0.15) is 10.7 Å². The van der Waals surface area contributed by atoms with E-state index in [0.29, 0.717) is 11.4 Å². The van der Waals surface area contributed by atoms with E-state index in [0.717, 1.165) is 31.7 Å².